The second-order valence-corrected chi connectivity index (χ2v) is 10.2. The molecule has 2 aromatic carbocycles. The summed E-state index contributed by atoms with van der Waals surface area (Å²) in [5.41, 5.74) is 3.26. The lowest BCUT2D eigenvalue weighted by Crippen LogP contribution is -2.46. The van der Waals surface area contributed by atoms with Gasteiger partial charge in [-0.25, -0.2) is 0 Å². The zero-order valence-electron chi connectivity index (χ0n) is 21.2. The lowest BCUT2D eigenvalue weighted by molar-refractivity contribution is -0.143. The standard InChI is InChI=1S/C29H34N2O4S/c1-4-22(3)31(28(32)13-11-23-8-6-5-7-9-23)19-29(33)30(18-27-21(2)14-15-36-27)17-24-10-12-25-26(16-24)35-20-34-25/h5-10,12,14-16,22H,4,11,13,17-20H2,1-3H3/t22-/m0/s1. The largest absolute Gasteiger partial charge is 0.454 e. The van der Waals surface area contributed by atoms with Crippen LogP contribution in [0.5, 0.6) is 11.5 Å². The van der Waals surface area contributed by atoms with E-state index >= 15 is 0 Å². The summed E-state index contributed by atoms with van der Waals surface area (Å²) in [7, 11) is 0. The molecule has 36 heavy (non-hydrogen) atoms. The Hall–Kier alpha value is -3.32. The average Bonchev–Trinajstić information content (AvgIpc) is 3.53. The van der Waals surface area contributed by atoms with Crippen LogP contribution in [-0.2, 0) is 29.1 Å². The van der Waals surface area contributed by atoms with Crippen molar-refractivity contribution in [3.05, 3.63) is 81.5 Å². The molecule has 2 amide bonds. The monoisotopic (exact) mass is 506 g/mol. The van der Waals surface area contributed by atoms with Crippen molar-refractivity contribution in [1.29, 1.82) is 0 Å². The number of carbonyl (C=O) groups is 2. The SMILES string of the molecule is CC[C@H](C)N(CC(=O)N(Cc1ccc2c(c1)OCO2)Cc1sccc1C)C(=O)CCc1ccccc1. The molecule has 1 atom stereocenters. The third-order valence-corrected chi connectivity index (χ3v) is 7.69. The van der Waals surface area contributed by atoms with Crippen molar-refractivity contribution < 1.29 is 19.1 Å². The summed E-state index contributed by atoms with van der Waals surface area (Å²) in [6.07, 6.45) is 1.83. The maximum Gasteiger partial charge on any atom is 0.242 e. The number of hydrogen-bond donors (Lipinski definition) is 0. The van der Waals surface area contributed by atoms with E-state index in [1.807, 2.05) is 72.7 Å². The molecule has 190 valence electrons. The topological polar surface area (TPSA) is 59.1 Å². The first-order valence-electron chi connectivity index (χ1n) is 12.5. The Balaban J connectivity index is 1.50. The number of amides is 2. The molecule has 0 N–H and O–H groups in total. The second-order valence-electron chi connectivity index (χ2n) is 9.23. The Kier molecular flexibility index (Phi) is 8.65. The van der Waals surface area contributed by atoms with Crippen molar-refractivity contribution in [2.24, 2.45) is 0 Å². The van der Waals surface area contributed by atoms with E-state index in [-0.39, 0.29) is 31.2 Å². The smallest absolute Gasteiger partial charge is 0.242 e. The molecule has 0 fully saturated rings. The lowest BCUT2D eigenvalue weighted by atomic mass is 10.1. The van der Waals surface area contributed by atoms with Gasteiger partial charge in [-0.1, -0.05) is 43.3 Å². The van der Waals surface area contributed by atoms with Crippen LogP contribution < -0.4 is 9.47 Å². The number of nitrogens with zero attached hydrogens (tertiary/aromatic N) is 2. The van der Waals surface area contributed by atoms with Gasteiger partial charge in [-0.2, -0.15) is 0 Å². The Morgan fingerprint density at radius 1 is 0.972 bits per heavy atom. The second kappa shape index (κ2) is 12.1. The molecule has 0 radical (unpaired) electrons. The van der Waals surface area contributed by atoms with Gasteiger partial charge in [-0.05, 0) is 67.0 Å². The summed E-state index contributed by atoms with van der Waals surface area (Å²) in [5.74, 6) is 1.37. The van der Waals surface area contributed by atoms with Gasteiger partial charge < -0.3 is 19.3 Å². The molecule has 0 bridgehead atoms. The molecule has 1 aliphatic rings. The number of ether oxygens (including phenoxy) is 2. The molecule has 0 unspecified atom stereocenters. The number of fused-ring (bicyclic) bond motifs is 1. The van der Waals surface area contributed by atoms with Crippen LogP contribution in [0.2, 0.25) is 0 Å². The maximum absolute atomic E-state index is 13.7. The summed E-state index contributed by atoms with van der Waals surface area (Å²) >= 11 is 1.65. The summed E-state index contributed by atoms with van der Waals surface area (Å²) in [5, 5.41) is 2.05. The number of thiophene rings is 1. The summed E-state index contributed by atoms with van der Waals surface area (Å²) in [4.78, 5) is 31.7. The molecule has 7 heteroatoms. The van der Waals surface area contributed by atoms with E-state index in [1.165, 1.54) is 5.56 Å². The summed E-state index contributed by atoms with van der Waals surface area (Å²) in [6, 6.07) is 17.8. The van der Waals surface area contributed by atoms with Crippen LogP contribution in [0, 0.1) is 6.92 Å². The van der Waals surface area contributed by atoms with E-state index in [0.717, 1.165) is 28.2 Å². The van der Waals surface area contributed by atoms with Gasteiger partial charge in [-0.3, -0.25) is 9.59 Å². The van der Waals surface area contributed by atoms with E-state index in [4.69, 9.17) is 9.47 Å². The van der Waals surface area contributed by atoms with Gasteiger partial charge in [0, 0.05) is 23.9 Å². The van der Waals surface area contributed by atoms with Crippen molar-refractivity contribution in [2.45, 2.75) is 59.2 Å². The molecular formula is C29H34N2O4S. The zero-order valence-corrected chi connectivity index (χ0v) is 22.1. The summed E-state index contributed by atoms with van der Waals surface area (Å²) < 4.78 is 11.0. The molecule has 0 aliphatic carbocycles. The van der Waals surface area contributed by atoms with Crippen LogP contribution in [0.25, 0.3) is 0 Å². The van der Waals surface area contributed by atoms with Crippen molar-refractivity contribution in [1.82, 2.24) is 9.80 Å². The molecule has 0 saturated carbocycles. The minimum absolute atomic E-state index is 0.0110. The van der Waals surface area contributed by atoms with E-state index in [9.17, 15) is 9.59 Å². The molecule has 0 saturated heterocycles. The van der Waals surface area contributed by atoms with Crippen molar-refractivity contribution >= 4 is 23.2 Å². The van der Waals surface area contributed by atoms with Gasteiger partial charge in [0.2, 0.25) is 18.6 Å². The highest BCUT2D eigenvalue weighted by Gasteiger charge is 2.26. The van der Waals surface area contributed by atoms with E-state index < -0.39 is 0 Å². The van der Waals surface area contributed by atoms with Crippen LogP contribution in [0.15, 0.2) is 60.0 Å². The van der Waals surface area contributed by atoms with Crippen molar-refractivity contribution in [3.63, 3.8) is 0 Å². The van der Waals surface area contributed by atoms with Gasteiger partial charge in [0.1, 0.15) is 6.54 Å². The number of carbonyl (C=O) groups excluding carboxylic acids is 2. The van der Waals surface area contributed by atoms with Crippen molar-refractivity contribution in [3.8, 4) is 11.5 Å². The molecule has 2 heterocycles. The highest BCUT2D eigenvalue weighted by molar-refractivity contribution is 7.10. The normalized spacial score (nSPS) is 12.9. The van der Waals surface area contributed by atoms with Crippen LogP contribution in [-0.4, -0.2) is 41.0 Å². The molecule has 6 nitrogen and oxygen atoms in total. The first kappa shape index (κ1) is 25.8. The van der Waals surface area contributed by atoms with Crippen LogP contribution in [0.3, 0.4) is 0 Å². The maximum atomic E-state index is 13.7. The third-order valence-electron chi connectivity index (χ3n) is 6.68. The number of rotatable bonds is 11. The highest BCUT2D eigenvalue weighted by atomic mass is 32.1. The Bertz CT molecular complexity index is 1180. The fourth-order valence-corrected chi connectivity index (χ4v) is 5.15. The number of hydrogen-bond acceptors (Lipinski definition) is 5. The van der Waals surface area contributed by atoms with Gasteiger partial charge >= 0.3 is 0 Å². The zero-order chi connectivity index (χ0) is 25.5. The first-order valence-corrected chi connectivity index (χ1v) is 13.3. The lowest BCUT2D eigenvalue weighted by Gasteiger charge is -2.31. The van der Waals surface area contributed by atoms with Crippen LogP contribution in [0.4, 0.5) is 0 Å². The molecule has 1 aliphatic heterocycles. The fourth-order valence-electron chi connectivity index (χ4n) is 4.23. The Morgan fingerprint density at radius 2 is 1.75 bits per heavy atom. The van der Waals surface area contributed by atoms with E-state index in [0.29, 0.717) is 31.7 Å². The van der Waals surface area contributed by atoms with Gasteiger partial charge in [0.25, 0.3) is 0 Å². The Labute approximate surface area is 217 Å². The molecule has 4 rings (SSSR count). The van der Waals surface area contributed by atoms with E-state index in [1.54, 1.807) is 16.2 Å². The third kappa shape index (κ3) is 6.46. The minimum Gasteiger partial charge on any atom is -0.454 e. The molecule has 0 spiro atoms. The van der Waals surface area contributed by atoms with Crippen LogP contribution >= 0.6 is 11.3 Å². The quantitative estimate of drug-likeness (QED) is 0.341. The van der Waals surface area contributed by atoms with Gasteiger partial charge in [0.05, 0.1) is 6.54 Å². The number of aryl methyl sites for hydroxylation is 2. The molecule has 3 aromatic rings. The average molecular weight is 507 g/mol. The molecule has 1 aromatic heterocycles. The fraction of sp³-hybridized carbons (Fsp3) is 0.379. The van der Waals surface area contributed by atoms with Gasteiger partial charge in [-0.15, -0.1) is 11.3 Å². The molecular weight excluding hydrogens is 472 g/mol. The predicted molar refractivity (Wildman–Crippen MR) is 142 cm³/mol. The number of benzene rings is 2. The first-order chi connectivity index (χ1) is 17.4. The van der Waals surface area contributed by atoms with Crippen molar-refractivity contribution in [2.75, 3.05) is 13.3 Å². The van der Waals surface area contributed by atoms with E-state index in [2.05, 4.69) is 13.0 Å². The summed E-state index contributed by atoms with van der Waals surface area (Å²) in [6.45, 7) is 7.34. The highest BCUT2D eigenvalue weighted by Crippen LogP contribution is 2.33. The predicted octanol–water partition coefficient (Wildman–Crippen LogP) is 5.57. The minimum atomic E-state index is -0.0613. The van der Waals surface area contributed by atoms with Crippen LogP contribution in [0.1, 0.15) is 48.3 Å². The van der Waals surface area contributed by atoms with Gasteiger partial charge in [0.15, 0.2) is 11.5 Å². The Morgan fingerprint density at radius 3 is 2.47 bits per heavy atom.